The number of nitrogens with one attached hydrogen (secondary N) is 1. The molecule has 0 aliphatic carbocycles. The van der Waals surface area contributed by atoms with E-state index in [0.717, 1.165) is 5.56 Å². The molecule has 1 heterocycles. The van der Waals surface area contributed by atoms with Gasteiger partial charge in [-0.2, -0.15) is 0 Å². The topological polar surface area (TPSA) is 120 Å². The largest absolute Gasteiger partial charge is 0.488 e. The summed E-state index contributed by atoms with van der Waals surface area (Å²) in [7, 11) is -1.53. The van der Waals surface area contributed by atoms with Crippen LogP contribution in [0, 0.1) is 0 Å². The molecule has 1 amide bonds. The molecule has 7 nitrogen and oxygen atoms in total. The molecule has 0 radical (unpaired) electrons. The maximum Gasteiger partial charge on any atom is 0.488 e. The van der Waals surface area contributed by atoms with E-state index in [2.05, 4.69) is 10.3 Å². The zero-order valence-corrected chi connectivity index (χ0v) is 13.4. The van der Waals surface area contributed by atoms with Crippen LogP contribution in [0.2, 0.25) is 0 Å². The van der Waals surface area contributed by atoms with Crippen LogP contribution in [0.5, 0.6) is 0 Å². The van der Waals surface area contributed by atoms with Gasteiger partial charge < -0.3 is 20.5 Å². The third-order valence-electron chi connectivity index (χ3n) is 3.11. The van der Waals surface area contributed by atoms with Gasteiger partial charge in [-0.15, -0.1) is 11.8 Å². The van der Waals surface area contributed by atoms with Crippen LogP contribution in [-0.4, -0.2) is 45.7 Å². The first-order valence-corrected chi connectivity index (χ1v) is 7.98. The van der Waals surface area contributed by atoms with E-state index in [1.165, 1.54) is 18.0 Å². The third-order valence-corrected chi connectivity index (χ3v) is 4.10. The number of aliphatic carboxylic acids is 1. The Hall–Kier alpha value is -2.36. The molecule has 0 saturated carbocycles. The quantitative estimate of drug-likeness (QED) is 0.407. The van der Waals surface area contributed by atoms with Crippen molar-refractivity contribution in [3.63, 3.8) is 0 Å². The van der Waals surface area contributed by atoms with Crippen LogP contribution in [-0.2, 0) is 10.5 Å². The Bertz CT molecular complexity index is 724. The zero-order chi connectivity index (χ0) is 17.5. The second kappa shape index (κ2) is 8.48. The molecule has 1 aromatic heterocycles. The van der Waals surface area contributed by atoms with Crippen molar-refractivity contribution in [2.24, 2.45) is 0 Å². The minimum absolute atomic E-state index is 0.270. The Labute approximate surface area is 142 Å². The smallest absolute Gasteiger partial charge is 0.480 e. The number of nitrogens with zero attached hydrogens (tertiary/aromatic N) is 1. The number of carbonyl (C=O) groups excluding carboxylic acids is 1. The van der Waals surface area contributed by atoms with Gasteiger partial charge in [0.2, 0.25) is 0 Å². The van der Waals surface area contributed by atoms with Crippen molar-refractivity contribution in [3.05, 3.63) is 53.7 Å². The minimum Gasteiger partial charge on any atom is -0.480 e. The van der Waals surface area contributed by atoms with Crippen molar-refractivity contribution < 1.29 is 24.7 Å². The summed E-state index contributed by atoms with van der Waals surface area (Å²) in [5, 5.41) is 30.1. The molecule has 0 saturated heterocycles. The molecule has 0 bridgehead atoms. The van der Waals surface area contributed by atoms with Crippen LogP contribution < -0.4 is 10.8 Å². The summed E-state index contributed by atoms with van der Waals surface area (Å²) in [6, 6.07) is 10.2. The summed E-state index contributed by atoms with van der Waals surface area (Å²) in [5.41, 5.74) is 1.49. The molecule has 0 aliphatic rings. The van der Waals surface area contributed by atoms with Gasteiger partial charge in [-0.1, -0.05) is 24.3 Å². The van der Waals surface area contributed by atoms with Crippen LogP contribution in [0.25, 0.3) is 0 Å². The van der Waals surface area contributed by atoms with Crippen molar-refractivity contribution in [2.75, 3.05) is 6.54 Å². The molecule has 2 rings (SSSR count). The number of pyridine rings is 1. The Morgan fingerprint density at radius 3 is 2.54 bits per heavy atom. The van der Waals surface area contributed by atoms with Crippen LogP contribution in [0.1, 0.15) is 15.9 Å². The van der Waals surface area contributed by atoms with Crippen molar-refractivity contribution in [1.29, 1.82) is 0 Å². The van der Waals surface area contributed by atoms with Gasteiger partial charge in [-0.3, -0.25) is 9.59 Å². The van der Waals surface area contributed by atoms with Crippen LogP contribution in [0.3, 0.4) is 0 Å². The molecule has 1 aromatic carbocycles. The first kappa shape index (κ1) is 18.0. The van der Waals surface area contributed by atoms with Gasteiger partial charge in [0.05, 0.1) is 10.6 Å². The van der Waals surface area contributed by atoms with Crippen molar-refractivity contribution in [3.8, 4) is 0 Å². The van der Waals surface area contributed by atoms with Crippen LogP contribution >= 0.6 is 11.8 Å². The standard InChI is InChI=1S/C15H15BN2O5S/c19-14(20)8-18-15(21)10-5-6-13(17-7-10)24-9-11-3-1-2-4-12(11)16(22)23/h1-7,22-23H,8-9H2,(H,18,21)(H,19,20). The Morgan fingerprint density at radius 1 is 1.17 bits per heavy atom. The first-order valence-electron chi connectivity index (χ1n) is 7.00. The van der Waals surface area contributed by atoms with E-state index in [4.69, 9.17) is 5.11 Å². The van der Waals surface area contributed by atoms with E-state index >= 15 is 0 Å². The first-order chi connectivity index (χ1) is 11.5. The summed E-state index contributed by atoms with van der Waals surface area (Å²) in [5.74, 6) is -1.13. The number of rotatable bonds is 7. The molecule has 24 heavy (non-hydrogen) atoms. The molecular weight excluding hydrogens is 331 g/mol. The molecule has 124 valence electrons. The summed E-state index contributed by atoms with van der Waals surface area (Å²) in [4.78, 5) is 26.2. The number of thioether (sulfide) groups is 1. The highest BCUT2D eigenvalue weighted by Gasteiger charge is 2.15. The van der Waals surface area contributed by atoms with Crippen LogP contribution in [0.4, 0.5) is 0 Å². The average Bonchev–Trinajstić information content (AvgIpc) is 2.58. The van der Waals surface area contributed by atoms with E-state index in [1.807, 2.05) is 6.07 Å². The molecule has 2 aromatic rings. The fourth-order valence-electron chi connectivity index (χ4n) is 1.93. The second-order valence-corrected chi connectivity index (χ2v) is 5.82. The number of hydrogen-bond donors (Lipinski definition) is 4. The van der Waals surface area contributed by atoms with Crippen LogP contribution in [0.15, 0.2) is 47.6 Å². The molecule has 0 aliphatic heterocycles. The fraction of sp³-hybridized carbons (Fsp3) is 0.133. The Kier molecular flexibility index (Phi) is 6.36. The van der Waals surface area contributed by atoms with Gasteiger partial charge in [0.1, 0.15) is 6.54 Å². The predicted molar refractivity (Wildman–Crippen MR) is 90.0 cm³/mol. The van der Waals surface area contributed by atoms with Gasteiger partial charge in [0, 0.05) is 11.9 Å². The normalized spacial score (nSPS) is 10.2. The summed E-state index contributed by atoms with van der Waals surface area (Å²) >= 11 is 1.38. The number of hydrogen-bond acceptors (Lipinski definition) is 6. The van der Waals surface area contributed by atoms with Crippen molar-refractivity contribution >= 4 is 36.2 Å². The van der Waals surface area contributed by atoms with Gasteiger partial charge in [0.15, 0.2) is 0 Å². The van der Waals surface area contributed by atoms with E-state index in [0.29, 0.717) is 16.2 Å². The van der Waals surface area contributed by atoms with Gasteiger partial charge in [-0.25, -0.2) is 4.98 Å². The number of carboxylic acid groups (broad SMARTS) is 1. The number of carboxylic acids is 1. The summed E-state index contributed by atoms with van der Waals surface area (Å²) in [6.07, 6.45) is 1.37. The molecule has 0 spiro atoms. The van der Waals surface area contributed by atoms with Gasteiger partial charge in [-0.05, 0) is 23.2 Å². The fourth-order valence-corrected chi connectivity index (χ4v) is 2.78. The lowest BCUT2D eigenvalue weighted by molar-refractivity contribution is -0.135. The lowest BCUT2D eigenvalue weighted by Crippen LogP contribution is -2.32. The highest BCUT2D eigenvalue weighted by atomic mass is 32.2. The number of carbonyl (C=O) groups is 2. The number of benzene rings is 1. The molecule has 0 fully saturated rings. The molecule has 0 unspecified atom stereocenters. The molecule has 4 N–H and O–H groups in total. The lowest BCUT2D eigenvalue weighted by Gasteiger charge is -2.08. The Morgan fingerprint density at radius 2 is 1.92 bits per heavy atom. The van der Waals surface area contributed by atoms with Crippen molar-refractivity contribution in [1.82, 2.24) is 10.3 Å². The average molecular weight is 346 g/mol. The Balaban J connectivity index is 1.97. The number of amides is 1. The highest BCUT2D eigenvalue weighted by Crippen LogP contribution is 2.20. The van der Waals surface area contributed by atoms with E-state index in [-0.39, 0.29) is 5.56 Å². The maximum atomic E-state index is 11.7. The molecule has 0 atom stereocenters. The monoisotopic (exact) mass is 346 g/mol. The second-order valence-electron chi connectivity index (χ2n) is 4.82. The SMILES string of the molecule is O=C(O)CNC(=O)c1ccc(SCc2ccccc2B(O)O)nc1. The third kappa shape index (κ3) is 5.09. The number of aromatic nitrogens is 1. The zero-order valence-electron chi connectivity index (χ0n) is 12.5. The maximum absolute atomic E-state index is 11.7. The van der Waals surface area contributed by atoms with E-state index < -0.39 is 25.5 Å². The summed E-state index contributed by atoms with van der Waals surface area (Å²) < 4.78 is 0. The molecular formula is C15H15BN2O5S. The van der Waals surface area contributed by atoms with E-state index in [1.54, 1.807) is 30.3 Å². The summed E-state index contributed by atoms with van der Waals surface area (Å²) in [6.45, 7) is -0.449. The van der Waals surface area contributed by atoms with Gasteiger partial charge >= 0.3 is 13.1 Å². The minimum atomic E-state index is -1.53. The highest BCUT2D eigenvalue weighted by molar-refractivity contribution is 7.98. The predicted octanol–water partition coefficient (Wildman–Crippen LogP) is -0.132. The molecule has 9 heteroatoms. The van der Waals surface area contributed by atoms with Gasteiger partial charge in [0.25, 0.3) is 5.91 Å². The lowest BCUT2D eigenvalue weighted by atomic mass is 9.77. The van der Waals surface area contributed by atoms with E-state index in [9.17, 15) is 19.6 Å². The van der Waals surface area contributed by atoms with Crippen molar-refractivity contribution in [2.45, 2.75) is 10.8 Å².